The Balaban J connectivity index is 3.09. The Morgan fingerprint density at radius 1 is 1.67 bits per heavy atom. The number of carbonyl (C=O) groups excluding carboxylic acids is 1. The van der Waals surface area contributed by atoms with Gasteiger partial charge in [-0.2, -0.15) is 0 Å². The number of nitrogens with zero attached hydrogens (tertiary/aromatic N) is 1. The van der Waals surface area contributed by atoms with Gasteiger partial charge in [0, 0.05) is 5.03 Å². The third-order valence-corrected chi connectivity index (χ3v) is 3.18. The van der Waals surface area contributed by atoms with Crippen LogP contribution in [-0.4, -0.2) is 28.9 Å². The fourth-order valence-corrected chi connectivity index (χ4v) is 2.16. The summed E-state index contributed by atoms with van der Waals surface area (Å²) in [6, 6.07) is 0. The Kier molecular flexibility index (Phi) is 4.99. The predicted molar refractivity (Wildman–Crippen MR) is 71.2 cm³/mol. The van der Waals surface area contributed by atoms with Crippen LogP contribution in [0.15, 0.2) is 40.6 Å². The van der Waals surface area contributed by atoms with Gasteiger partial charge >= 0.3 is 5.97 Å². The Bertz CT molecular complexity index is 454. The number of alkyl halides is 1. The molecule has 0 bridgehead atoms. The predicted octanol–water partition coefficient (Wildman–Crippen LogP) is 2.85. The van der Waals surface area contributed by atoms with E-state index in [9.17, 15) is 4.79 Å². The van der Waals surface area contributed by atoms with E-state index in [4.69, 9.17) is 33.1 Å². The number of ether oxygens (including phenoxy) is 1. The number of hydrogen-bond donors (Lipinski definition) is 1. The van der Waals surface area contributed by atoms with Gasteiger partial charge in [-0.3, -0.25) is 4.79 Å². The quantitative estimate of drug-likeness (QED) is 0.286. The molecule has 4 nitrogen and oxygen atoms in total. The van der Waals surface area contributed by atoms with Crippen molar-refractivity contribution in [2.24, 2.45) is 11.1 Å². The maximum Gasteiger partial charge on any atom is 0.314 e. The van der Waals surface area contributed by atoms with Crippen molar-refractivity contribution in [2.75, 3.05) is 7.11 Å². The molecule has 0 amide bonds. The van der Waals surface area contributed by atoms with Crippen LogP contribution < -0.4 is 0 Å². The number of allylic oxidation sites excluding steroid dienone is 5. The monoisotopic (exact) mass is 289 g/mol. The van der Waals surface area contributed by atoms with Gasteiger partial charge in [0.05, 0.1) is 17.7 Å². The first kappa shape index (κ1) is 14.8. The standard InChI is InChI=1S/C12H13Cl2NO3/c1-8(15-17)5-6-12(14)7-9(13)3-4-10(12)11(16)18-2/h3-7,10,17H,1-2H3. The van der Waals surface area contributed by atoms with Gasteiger partial charge in [0.1, 0.15) is 5.92 Å². The summed E-state index contributed by atoms with van der Waals surface area (Å²) in [5.74, 6) is -1.15. The zero-order valence-corrected chi connectivity index (χ0v) is 11.4. The van der Waals surface area contributed by atoms with Crippen molar-refractivity contribution in [1.29, 1.82) is 0 Å². The zero-order chi connectivity index (χ0) is 13.8. The van der Waals surface area contributed by atoms with Crippen LogP contribution in [0.1, 0.15) is 6.92 Å². The molecule has 2 atom stereocenters. The van der Waals surface area contributed by atoms with Crippen LogP contribution in [0, 0.1) is 5.92 Å². The summed E-state index contributed by atoms with van der Waals surface area (Å²) in [5.41, 5.74) is 0.359. The van der Waals surface area contributed by atoms with Crippen LogP contribution in [-0.2, 0) is 9.53 Å². The lowest BCUT2D eigenvalue weighted by Gasteiger charge is -2.28. The molecule has 0 heterocycles. The van der Waals surface area contributed by atoms with Crippen LogP contribution in [0.4, 0.5) is 0 Å². The second-order valence-corrected chi connectivity index (χ2v) is 4.88. The molecule has 98 valence electrons. The minimum Gasteiger partial charge on any atom is -0.468 e. The number of rotatable bonds is 3. The zero-order valence-electron chi connectivity index (χ0n) is 9.93. The van der Waals surface area contributed by atoms with E-state index in [0.717, 1.165) is 0 Å². The van der Waals surface area contributed by atoms with Crippen LogP contribution in [0.5, 0.6) is 0 Å². The summed E-state index contributed by atoms with van der Waals surface area (Å²) >= 11 is 12.3. The van der Waals surface area contributed by atoms with Gasteiger partial charge in [0.2, 0.25) is 0 Å². The van der Waals surface area contributed by atoms with Crippen molar-refractivity contribution in [3.8, 4) is 0 Å². The third-order valence-electron chi connectivity index (χ3n) is 2.48. The highest BCUT2D eigenvalue weighted by molar-refractivity contribution is 6.34. The minimum absolute atomic E-state index is 0.359. The Morgan fingerprint density at radius 2 is 2.33 bits per heavy atom. The average Bonchev–Trinajstić information content (AvgIpc) is 2.35. The first-order valence-corrected chi connectivity index (χ1v) is 5.89. The van der Waals surface area contributed by atoms with Crippen LogP contribution in [0.2, 0.25) is 0 Å². The molecule has 1 aliphatic rings. The summed E-state index contributed by atoms with van der Waals surface area (Å²) in [6.07, 6.45) is 7.75. The van der Waals surface area contributed by atoms with Gasteiger partial charge in [-0.05, 0) is 25.2 Å². The summed E-state index contributed by atoms with van der Waals surface area (Å²) in [4.78, 5) is 10.5. The van der Waals surface area contributed by atoms with E-state index in [-0.39, 0.29) is 0 Å². The molecule has 1 rings (SSSR count). The van der Waals surface area contributed by atoms with Crippen molar-refractivity contribution in [3.05, 3.63) is 35.4 Å². The maximum absolute atomic E-state index is 11.7. The largest absolute Gasteiger partial charge is 0.468 e. The lowest BCUT2D eigenvalue weighted by Crippen LogP contribution is -2.35. The summed E-state index contributed by atoms with van der Waals surface area (Å²) in [6.45, 7) is 1.59. The van der Waals surface area contributed by atoms with Gasteiger partial charge in [-0.1, -0.05) is 28.9 Å². The van der Waals surface area contributed by atoms with E-state index in [1.807, 2.05) is 0 Å². The lowest BCUT2D eigenvalue weighted by atomic mass is 9.87. The Hall–Kier alpha value is -1.26. The summed E-state index contributed by atoms with van der Waals surface area (Å²) in [5, 5.41) is 12.0. The number of carbonyl (C=O) groups is 1. The van der Waals surface area contributed by atoms with Gasteiger partial charge in [0.25, 0.3) is 0 Å². The molecule has 0 aromatic heterocycles. The second-order valence-electron chi connectivity index (χ2n) is 3.79. The number of methoxy groups -OCH3 is 1. The normalized spacial score (nSPS) is 28.3. The molecule has 0 aromatic rings. The molecule has 1 aliphatic carbocycles. The number of halogens is 2. The molecule has 0 radical (unpaired) electrons. The molecule has 6 heteroatoms. The van der Waals surface area contributed by atoms with Crippen molar-refractivity contribution >= 4 is 34.9 Å². The summed E-state index contributed by atoms with van der Waals surface area (Å²) < 4.78 is 4.69. The highest BCUT2D eigenvalue weighted by Crippen LogP contribution is 2.36. The molecular weight excluding hydrogens is 277 g/mol. The third kappa shape index (κ3) is 3.37. The Labute approximate surface area is 115 Å². The number of hydrogen-bond acceptors (Lipinski definition) is 4. The second kappa shape index (κ2) is 6.07. The molecule has 18 heavy (non-hydrogen) atoms. The van der Waals surface area contributed by atoms with Crippen LogP contribution >= 0.6 is 23.2 Å². The topological polar surface area (TPSA) is 58.9 Å². The molecule has 1 N–H and O–H groups in total. The van der Waals surface area contributed by atoms with Crippen molar-refractivity contribution < 1.29 is 14.7 Å². The maximum atomic E-state index is 11.7. The molecule has 0 spiro atoms. The molecule has 0 aromatic carbocycles. The van der Waals surface area contributed by atoms with Crippen molar-refractivity contribution in [2.45, 2.75) is 11.8 Å². The minimum atomic E-state index is -1.13. The van der Waals surface area contributed by atoms with E-state index < -0.39 is 16.8 Å². The van der Waals surface area contributed by atoms with Crippen molar-refractivity contribution in [1.82, 2.24) is 0 Å². The van der Waals surface area contributed by atoms with Gasteiger partial charge in [0.15, 0.2) is 0 Å². The highest BCUT2D eigenvalue weighted by atomic mass is 35.5. The van der Waals surface area contributed by atoms with E-state index >= 15 is 0 Å². The molecule has 0 aliphatic heterocycles. The molecular formula is C12H13Cl2NO3. The van der Waals surface area contributed by atoms with Gasteiger partial charge < -0.3 is 9.94 Å². The first-order valence-electron chi connectivity index (χ1n) is 5.14. The summed E-state index contributed by atoms with van der Waals surface area (Å²) in [7, 11) is 1.29. The number of oxime groups is 1. The molecule has 0 fully saturated rings. The fourth-order valence-electron chi connectivity index (χ4n) is 1.50. The molecule has 0 saturated heterocycles. The van der Waals surface area contributed by atoms with Gasteiger partial charge in [-0.15, -0.1) is 11.6 Å². The average molecular weight is 290 g/mol. The van der Waals surface area contributed by atoms with E-state index in [0.29, 0.717) is 10.7 Å². The smallest absolute Gasteiger partial charge is 0.314 e. The van der Waals surface area contributed by atoms with Gasteiger partial charge in [-0.25, -0.2) is 0 Å². The molecule has 2 unspecified atom stereocenters. The van der Waals surface area contributed by atoms with E-state index in [1.54, 1.807) is 25.2 Å². The Morgan fingerprint density at radius 3 is 2.89 bits per heavy atom. The first-order chi connectivity index (χ1) is 8.42. The van der Waals surface area contributed by atoms with E-state index in [2.05, 4.69) is 5.16 Å². The number of esters is 1. The lowest BCUT2D eigenvalue weighted by molar-refractivity contribution is -0.144. The molecule has 0 saturated carbocycles. The van der Waals surface area contributed by atoms with Crippen LogP contribution in [0.25, 0.3) is 0 Å². The van der Waals surface area contributed by atoms with E-state index in [1.165, 1.54) is 19.3 Å². The highest BCUT2D eigenvalue weighted by Gasteiger charge is 2.39. The fraction of sp³-hybridized carbons (Fsp3) is 0.333. The van der Waals surface area contributed by atoms with Crippen molar-refractivity contribution in [3.63, 3.8) is 0 Å². The van der Waals surface area contributed by atoms with Crippen LogP contribution in [0.3, 0.4) is 0 Å². The SMILES string of the molecule is COC(=O)C1C=CC(Cl)=CC1(Cl)C=CC(C)=NO.